The normalized spacial score (nSPS) is 15.7. The first-order chi connectivity index (χ1) is 8.69. The molecule has 1 aliphatic carbocycles. The van der Waals surface area contributed by atoms with Crippen molar-refractivity contribution in [2.24, 2.45) is 5.84 Å². The fourth-order valence-corrected chi connectivity index (χ4v) is 3.18. The highest BCUT2D eigenvalue weighted by Crippen LogP contribution is 2.35. The van der Waals surface area contributed by atoms with Crippen LogP contribution >= 0.6 is 11.3 Å². The second-order valence-corrected chi connectivity index (χ2v) is 6.02. The van der Waals surface area contributed by atoms with Crippen LogP contribution in [-0.4, -0.2) is 23.1 Å². The third-order valence-electron chi connectivity index (χ3n) is 3.58. The Kier molecular flexibility index (Phi) is 2.83. The zero-order valence-electron chi connectivity index (χ0n) is 10.6. The summed E-state index contributed by atoms with van der Waals surface area (Å²) in [5, 5.41) is 1.13. The van der Waals surface area contributed by atoms with Gasteiger partial charge in [0.1, 0.15) is 10.6 Å². The molecule has 1 fully saturated rings. The number of hydrazine groups is 1. The first kappa shape index (κ1) is 11.7. The molecule has 96 valence electrons. The van der Waals surface area contributed by atoms with Gasteiger partial charge < -0.3 is 4.90 Å². The number of aryl methyl sites for hydroxylation is 1. The Hall–Kier alpha value is -1.40. The minimum Gasteiger partial charge on any atom is -0.356 e. The SMILES string of the molecule is Cc1cc2c(N(C)C3CCC3)nc(NN)nc2s1. The van der Waals surface area contributed by atoms with Crippen LogP contribution in [0.1, 0.15) is 24.1 Å². The van der Waals surface area contributed by atoms with E-state index in [9.17, 15) is 0 Å². The van der Waals surface area contributed by atoms with Crippen molar-refractivity contribution in [1.29, 1.82) is 0 Å². The van der Waals surface area contributed by atoms with Gasteiger partial charge in [-0.3, -0.25) is 5.43 Å². The van der Waals surface area contributed by atoms with E-state index in [1.807, 2.05) is 0 Å². The van der Waals surface area contributed by atoms with Crippen LogP contribution < -0.4 is 16.2 Å². The van der Waals surface area contributed by atoms with Gasteiger partial charge in [0.15, 0.2) is 0 Å². The fraction of sp³-hybridized carbons (Fsp3) is 0.500. The first-order valence-electron chi connectivity index (χ1n) is 6.16. The van der Waals surface area contributed by atoms with Gasteiger partial charge in [-0.2, -0.15) is 4.98 Å². The lowest BCUT2D eigenvalue weighted by atomic mass is 9.92. The summed E-state index contributed by atoms with van der Waals surface area (Å²) in [4.78, 5) is 13.4. The number of thiophene rings is 1. The van der Waals surface area contributed by atoms with Crippen molar-refractivity contribution in [2.45, 2.75) is 32.2 Å². The average Bonchev–Trinajstić information content (AvgIpc) is 2.65. The van der Waals surface area contributed by atoms with Gasteiger partial charge in [-0.05, 0) is 32.3 Å². The van der Waals surface area contributed by atoms with E-state index in [0.717, 1.165) is 16.0 Å². The number of nitrogens with two attached hydrogens (primary N) is 1. The average molecular weight is 263 g/mol. The highest BCUT2D eigenvalue weighted by Gasteiger charge is 2.25. The van der Waals surface area contributed by atoms with E-state index in [1.54, 1.807) is 11.3 Å². The van der Waals surface area contributed by atoms with E-state index < -0.39 is 0 Å². The van der Waals surface area contributed by atoms with Gasteiger partial charge >= 0.3 is 0 Å². The highest BCUT2D eigenvalue weighted by molar-refractivity contribution is 7.18. The molecule has 3 rings (SSSR count). The number of fused-ring (bicyclic) bond motifs is 1. The summed E-state index contributed by atoms with van der Waals surface area (Å²) in [7, 11) is 2.11. The number of hydrogen-bond acceptors (Lipinski definition) is 6. The van der Waals surface area contributed by atoms with Crippen molar-refractivity contribution in [3.63, 3.8) is 0 Å². The molecule has 0 radical (unpaired) electrons. The van der Waals surface area contributed by atoms with Crippen molar-refractivity contribution in [1.82, 2.24) is 9.97 Å². The zero-order valence-corrected chi connectivity index (χ0v) is 11.4. The second-order valence-electron chi connectivity index (χ2n) is 4.79. The van der Waals surface area contributed by atoms with Gasteiger partial charge in [-0.25, -0.2) is 10.8 Å². The maximum atomic E-state index is 5.45. The number of anilines is 2. The number of nitrogens with one attached hydrogen (secondary N) is 1. The molecule has 0 bridgehead atoms. The maximum Gasteiger partial charge on any atom is 0.240 e. The predicted octanol–water partition coefficient (Wildman–Crippen LogP) is 2.27. The number of hydrogen-bond donors (Lipinski definition) is 2. The van der Waals surface area contributed by atoms with E-state index >= 15 is 0 Å². The largest absolute Gasteiger partial charge is 0.356 e. The van der Waals surface area contributed by atoms with Crippen LogP contribution in [-0.2, 0) is 0 Å². The molecule has 6 heteroatoms. The van der Waals surface area contributed by atoms with Crippen LogP contribution in [0.15, 0.2) is 6.07 Å². The van der Waals surface area contributed by atoms with Crippen molar-refractivity contribution >= 4 is 33.3 Å². The molecule has 0 unspecified atom stereocenters. The van der Waals surface area contributed by atoms with Gasteiger partial charge in [0.05, 0.1) is 5.39 Å². The molecule has 3 N–H and O–H groups in total. The minimum atomic E-state index is 0.491. The third kappa shape index (κ3) is 1.81. The number of nitrogen functional groups attached to an aromatic ring is 1. The third-order valence-corrected chi connectivity index (χ3v) is 4.53. The van der Waals surface area contributed by atoms with Crippen LogP contribution in [0.2, 0.25) is 0 Å². The second kappa shape index (κ2) is 4.37. The molecule has 2 aromatic rings. The Morgan fingerprint density at radius 1 is 1.44 bits per heavy atom. The van der Waals surface area contributed by atoms with E-state index in [4.69, 9.17) is 5.84 Å². The molecular formula is C12H17N5S. The predicted molar refractivity (Wildman–Crippen MR) is 76.0 cm³/mol. The molecule has 0 aliphatic heterocycles. The summed E-state index contributed by atoms with van der Waals surface area (Å²) in [6, 6.07) is 2.76. The molecule has 0 atom stereocenters. The summed E-state index contributed by atoms with van der Waals surface area (Å²) in [6.45, 7) is 2.09. The molecule has 18 heavy (non-hydrogen) atoms. The summed E-state index contributed by atoms with van der Waals surface area (Å²) < 4.78 is 0. The first-order valence-corrected chi connectivity index (χ1v) is 6.98. The summed E-state index contributed by atoms with van der Waals surface area (Å²) in [5.41, 5.74) is 2.56. The standard InChI is InChI=1S/C12H17N5S/c1-7-6-9-10(17(2)8-4-3-5-8)14-12(16-13)15-11(9)18-7/h6,8H,3-5,13H2,1-2H3,(H,14,15,16). The van der Waals surface area contributed by atoms with Gasteiger partial charge in [0.25, 0.3) is 0 Å². The topological polar surface area (TPSA) is 67.1 Å². The quantitative estimate of drug-likeness (QED) is 0.657. The van der Waals surface area contributed by atoms with Crippen molar-refractivity contribution in [3.8, 4) is 0 Å². The van der Waals surface area contributed by atoms with E-state index in [1.165, 1.54) is 24.1 Å². The molecule has 2 heterocycles. The molecular weight excluding hydrogens is 246 g/mol. The molecule has 1 aliphatic rings. The zero-order chi connectivity index (χ0) is 12.7. The monoisotopic (exact) mass is 263 g/mol. The summed E-state index contributed by atoms with van der Waals surface area (Å²) >= 11 is 1.68. The number of aromatic nitrogens is 2. The number of nitrogens with zero attached hydrogens (tertiary/aromatic N) is 3. The van der Waals surface area contributed by atoms with Gasteiger partial charge in [-0.15, -0.1) is 11.3 Å². The molecule has 1 saturated carbocycles. The lowest BCUT2D eigenvalue weighted by Crippen LogP contribution is -2.37. The highest BCUT2D eigenvalue weighted by atomic mass is 32.1. The maximum absolute atomic E-state index is 5.45. The van der Waals surface area contributed by atoms with Crippen LogP contribution in [0.25, 0.3) is 10.2 Å². The van der Waals surface area contributed by atoms with Crippen LogP contribution in [0, 0.1) is 6.92 Å². The van der Waals surface area contributed by atoms with Gasteiger partial charge in [-0.1, -0.05) is 0 Å². The van der Waals surface area contributed by atoms with Crippen LogP contribution in [0.5, 0.6) is 0 Å². The Morgan fingerprint density at radius 3 is 2.83 bits per heavy atom. The molecule has 5 nitrogen and oxygen atoms in total. The van der Waals surface area contributed by atoms with Crippen LogP contribution in [0.4, 0.5) is 11.8 Å². The number of rotatable bonds is 3. The van der Waals surface area contributed by atoms with Crippen molar-refractivity contribution in [2.75, 3.05) is 17.4 Å². The molecule has 2 aromatic heterocycles. The lowest BCUT2D eigenvalue weighted by molar-refractivity contribution is 0.400. The molecule has 0 aromatic carbocycles. The van der Waals surface area contributed by atoms with E-state index in [-0.39, 0.29) is 0 Å². The Morgan fingerprint density at radius 2 is 2.22 bits per heavy atom. The fourth-order valence-electron chi connectivity index (χ4n) is 2.31. The molecule has 0 spiro atoms. The van der Waals surface area contributed by atoms with Gasteiger partial charge in [0.2, 0.25) is 5.95 Å². The Bertz CT molecular complexity index is 575. The molecule has 0 saturated heterocycles. The lowest BCUT2D eigenvalue weighted by Gasteiger charge is -2.35. The summed E-state index contributed by atoms with van der Waals surface area (Å²) in [6.07, 6.45) is 3.81. The molecule has 0 amide bonds. The Balaban J connectivity index is 2.12. The van der Waals surface area contributed by atoms with Crippen LogP contribution in [0.3, 0.4) is 0 Å². The van der Waals surface area contributed by atoms with E-state index in [2.05, 4.69) is 40.3 Å². The van der Waals surface area contributed by atoms with Gasteiger partial charge in [0, 0.05) is 18.0 Å². The minimum absolute atomic E-state index is 0.491. The smallest absolute Gasteiger partial charge is 0.240 e. The van der Waals surface area contributed by atoms with E-state index in [0.29, 0.717) is 12.0 Å². The van der Waals surface area contributed by atoms with Crippen molar-refractivity contribution < 1.29 is 0 Å². The van der Waals surface area contributed by atoms with Crippen molar-refractivity contribution in [3.05, 3.63) is 10.9 Å². The summed E-state index contributed by atoms with van der Waals surface area (Å²) in [5.74, 6) is 6.93. The Labute approximate surface area is 110 Å².